The van der Waals surface area contributed by atoms with Gasteiger partial charge in [-0.3, -0.25) is 4.79 Å². The lowest BCUT2D eigenvalue weighted by atomic mass is 9.92. The number of amides is 2. The molecule has 0 aliphatic heterocycles. The maximum absolute atomic E-state index is 12.4. The van der Waals surface area contributed by atoms with Crippen molar-refractivity contribution in [1.82, 2.24) is 9.80 Å². The molecular weight excluding hydrogens is 232 g/mol. The highest BCUT2D eigenvalue weighted by molar-refractivity contribution is 5.76. The van der Waals surface area contributed by atoms with Crippen molar-refractivity contribution in [2.75, 3.05) is 13.6 Å². The molecule has 0 spiro atoms. The van der Waals surface area contributed by atoms with E-state index >= 15 is 0 Å². The number of urea groups is 1. The van der Waals surface area contributed by atoms with E-state index in [2.05, 4.69) is 0 Å². The zero-order chi connectivity index (χ0) is 13.9. The minimum atomic E-state index is -0.872. The largest absolute Gasteiger partial charge is 0.481 e. The first-order valence-electron chi connectivity index (χ1n) is 6.49. The van der Waals surface area contributed by atoms with Crippen LogP contribution in [0.25, 0.3) is 0 Å². The van der Waals surface area contributed by atoms with Crippen molar-refractivity contribution in [3.05, 3.63) is 0 Å². The average molecular weight is 256 g/mol. The zero-order valence-corrected chi connectivity index (χ0v) is 11.8. The van der Waals surface area contributed by atoms with E-state index in [1.54, 1.807) is 9.80 Å². The third-order valence-corrected chi connectivity index (χ3v) is 3.51. The summed E-state index contributed by atoms with van der Waals surface area (Å²) in [5.74, 6) is -0.872. The Hall–Kier alpha value is -1.26. The number of aliphatic carboxylic acids is 1. The van der Waals surface area contributed by atoms with Crippen molar-refractivity contribution in [2.24, 2.45) is 0 Å². The van der Waals surface area contributed by atoms with Crippen LogP contribution in [-0.4, -0.2) is 52.1 Å². The summed E-state index contributed by atoms with van der Waals surface area (Å²) < 4.78 is 0. The molecule has 1 fully saturated rings. The van der Waals surface area contributed by atoms with Crippen LogP contribution < -0.4 is 0 Å². The summed E-state index contributed by atoms with van der Waals surface area (Å²) in [7, 11) is 1.81. The Balaban J connectivity index is 2.68. The fraction of sp³-hybridized carbons (Fsp3) is 0.846. The maximum Gasteiger partial charge on any atom is 0.320 e. The van der Waals surface area contributed by atoms with Gasteiger partial charge in [-0.2, -0.15) is 0 Å². The molecule has 0 radical (unpaired) electrons. The van der Waals surface area contributed by atoms with Crippen LogP contribution in [0.1, 0.15) is 46.5 Å². The number of rotatable bonds is 4. The highest BCUT2D eigenvalue weighted by Gasteiger charge is 2.33. The Morgan fingerprint density at radius 1 is 1.28 bits per heavy atom. The molecule has 0 atom stereocenters. The number of nitrogens with zero attached hydrogens (tertiary/aromatic N) is 2. The number of carboxylic acid groups (broad SMARTS) is 1. The molecule has 0 saturated heterocycles. The molecule has 1 saturated carbocycles. The first kappa shape index (κ1) is 14.8. The summed E-state index contributed by atoms with van der Waals surface area (Å²) in [5, 5.41) is 8.76. The quantitative estimate of drug-likeness (QED) is 0.838. The van der Waals surface area contributed by atoms with Gasteiger partial charge in [0, 0.05) is 25.2 Å². The van der Waals surface area contributed by atoms with Gasteiger partial charge < -0.3 is 14.9 Å². The van der Waals surface area contributed by atoms with Crippen LogP contribution >= 0.6 is 0 Å². The van der Waals surface area contributed by atoms with E-state index in [-0.39, 0.29) is 24.5 Å². The van der Waals surface area contributed by atoms with Gasteiger partial charge in [0.15, 0.2) is 0 Å². The minimum absolute atomic E-state index is 0.0124. The van der Waals surface area contributed by atoms with Crippen LogP contribution in [-0.2, 0) is 4.79 Å². The number of carbonyl (C=O) groups excluding carboxylic acids is 1. The number of hydrogen-bond acceptors (Lipinski definition) is 2. The number of carboxylic acids is 1. The Kier molecular flexibility index (Phi) is 4.59. The molecule has 0 aromatic heterocycles. The van der Waals surface area contributed by atoms with E-state index in [0.717, 1.165) is 12.8 Å². The molecule has 0 heterocycles. The lowest BCUT2D eigenvalue weighted by Gasteiger charge is -2.42. The van der Waals surface area contributed by atoms with Crippen LogP contribution in [0.2, 0.25) is 0 Å². The van der Waals surface area contributed by atoms with Crippen LogP contribution in [0.3, 0.4) is 0 Å². The zero-order valence-electron chi connectivity index (χ0n) is 11.8. The highest BCUT2D eigenvalue weighted by atomic mass is 16.4. The summed E-state index contributed by atoms with van der Waals surface area (Å²) in [6.45, 7) is 6.05. The average Bonchev–Trinajstić information content (AvgIpc) is 2.11. The van der Waals surface area contributed by atoms with E-state index < -0.39 is 5.97 Å². The summed E-state index contributed by atoms with van der Waals surface area (Å²) in [4.78, 5) is 26.5. The van der Waals surface area contributed by atoms with Crippen molar-refractivity contribution in [2.45, 2.75) is 58.0 Å². The van der Waals surface area contributed by atoms with Gasteiger partial charge in [0.25, 0.3) is 0 Å². The number of hydrogen-bond donors (Lipinski definition) is 1. The molecule has 18 heavy (non-hydrogen) atoms. The monoisotopic (exact) mass is 256 g/mol. The van der Waals surface area contributed by atoms with Gasteiger partial charge in [-0.15, -0.1) is 0 Å². The highest BCUT2D eigenvalue weighted by Crippen LogP contribution is 2.26. The van der Waals surface area contributed by atoms with Crippen molar-refractivity contribution in [3.8, 4) is 0 Å². The molecule has 0 aromatic rings. The molecule has 0 aromatic carbocycles. The van der Waals surface area contributed by atoms with Gasteiger partial charge in [-0.25, -0.2) is 4.79 Å². The fourth-order valence-corrected chi connectivity index (χ4v) is 2.05. The predicted molar refractivity (Wildman–Crippen MR) is 69.5 cm³/mol. The SMILES string of the molecule is CN(C(=O)N(CCC(=O)O)C(C)(C)C)C1CCC1. The molecule has 1 aliphatic rings. The van der Waals surface area contributed by atoms with Crippen molar-refractivity contribution >= 4 is 12.0 Å². The van der Waals surface area contributed by atoms with E-state index in [1.807, 2.05) is 27.8 Å². The molecule has 1 rings (SSSR count). The lowest BCUT2D eigenvalue weighted by Crippen LogP contribution is -2.55. The van der Waals surface area contributed by atoms with Crippen molar-refractivity contribution in [1.29, 1.82) is 0 Å². The summed E-state index contributed by atoms with van der Waals surface area (Å²) in [5.41, 5.74) is -0.357. The number of carbonyl (C=O) groups is 2. The van der Waals surface area contributed by atoms with Gasteiger partial charge in [0.2, 0.25) is 0 Å². The van der Waals surface area contributed by atoms with Crippen LogP contribution in [0.15, 0.2) is 0 Å². The fourth-order valence-electron chi connectivity index (χ4n) is 2.05. The molecule has 0 bridgehead atoms. The van der Waals surface area contributed by atoms with E-state index in [0.29, 0.717) is 6.04 Å². The first-order valence-corrected chi connectivity index (χ1v) is 6.49. The summed E-state index contributed by atoms with van der Waals surface area (Å²) in [6, 6.07) is 0.264. The Morgan fingerprint density at radius 2 is 1.83 bits per heavy atom. The third kappa shape index (κ3) is 3.62. The van der Waals surface area contributed by atoms with Crippen LogP contribution in [0.4, 0.5) is 4.79 Å². The molecular formula is C13H24N2O3. The van der Waals surface area contributed by atoms with E-state index in [4.69, 9.17) is 5.11 Å². The van der Waals surface area contributed by atoms with E-state index in [9.17, 15) is 9.59 Å². The second kappa shape index (κ2) is 5.59. The first-order chi connectivity index (χ1) is 8.23. The topological polar surface area (TPSA) is 60.9 Å². The molecule has 1 aliphatic carbocycles. The Morgan fingerprint density at radius 3 is 2.17 bits per heavy atom. The second-order valence-corrected chi connectivity index (χ2v) is 5.94. The van der Waals surface area contributed by atoms with E-state index in [1.165, 1.54) is 6.42 Å². The third-order valence-electron chi connectivity index (χ3n) is 3.51. The summed E-state index contributed by atoms with van der Waals surface area (Å²) >= 11 is 0. The molecule has 2 amide bonds. The van der Waals surface area contributed by atoms with Gasteiger partial charge in [-0.05, 0) is 40.0 Å². The lowest BCUT2D eigenvalue weighted by molar-refractivity contribution is -0.137. The normalized spacial score (nSPS) is 16.0. The van der Waals surface area contributed by atoms with Crippen LogP contribution in [0.5, 0.6) is 0 Å². The maximum atomic E-state index is 12.4. The van der Waals surface area contributed by atoms with Crippen molar-refractivity contribution in [3.63, 3.8) is 0 Å². The van der Waals surface area contributed by atoms with Gasteiger partial charge in [0.1, 0.15) is 0 Å². The minimum Gasteiger partial charge on any atom is -0.481 e. The summed E-state index contributed by atoms with van der Waals surface area (Å²) in [6.07, 6.45) is 3.27. The Bertz CT molecular complexity index is 319. The standard InChI is InChI=1S/C13H24N2O3/c1-13(2,3)15(9-8-11(16)17)12(18)14(4)10-6-5-7-10/h10H,5-9H2,1-4H3,(H,16,17). The predicted octanol–water partition coefficient (Wildman–Crippen LogP) is 2.17. The van der Waals surface area contributed by atoms with Gasteiger partial charge in [0.05, 0.1) is 6.42 Å². The van der Waals surface area contributed by atoms with Gasteiger partial charge >= 0.3 is 12.0 Å². The van der Waals surface area contributed by atoms with Gasteiger partial charge in [-0.1, -0.05) is 0 Å². The smallest absolute Gasteiger partial charge is 0.320 e. The molecule has 104 valence electrons. The molecule has 0 unspecified atom stereocenters. The molecule has 5 heteroatoms. The second-order valence-electron chi connectivity index (χ2n) is 5.94. The molecule has 1 N–H and O–H groups in total. The van der Waals surface area contributed by atoms with Crippen LogP contribution in [0, 0.1) is 0 Å². The van der Waals surface area contributed by atoms with Crippen molar-refractivity contribution < 1.29 is 14.7 Å². The molecule has 5 nitrogen and oxygen atoms in total. The Labute approximate surface area is 109 Å².